The van der Waals surface area contributed by atoms with Gasteiger partial charge in [-0.1, -0.05) is 36.7 Å². The molecule has 92 valence electrons. The van der Waals surface area contributed by atoms with E-state index in [-0.39, 0.29) is 9.86 Å². The summed E-state index contributed by atoms with van der Waals surface area (Å²) in [4.78, 5) is 0. The van der Waals surface area contributed by atoms with E-state index in [1.165, 1.54) is 0 Å². The minimum Gasteiger partial charge on any atom is -0.402 e. The Morgan fingerprint density at radius 1 is 1.07 bits per heavy atom. The number of nitrogens with two attached hydrogens (primary N) is 1. The molecule has 0 aliphatic heterocycles. The summed E-state index contributed by atoms with van der Waals surface area (Å²) in [6, 6.07) is 0. The van der Waals surface area contributed by atoms with Crippen molar-refractivity contribution in [2.75, 3.05) is 0 Å². The topological polar surface area (TPSA) is 86.7 Å². The Bertz CT molecular complexity index is 147. The lowest BCUT2D eigenvalue weighted by Gasteiger charge is -2.41. The highest BCUT2D eigenvalue weighted by Gasteiger charge is 2.39. The molecule has 1 atom stereocenters. The maximum Gasteiger partial charge on any atom is 0.631 e. The van der Waals surface area contributed by atoms with Crippen molar-refractivity contribution in [1.29, 1.82) is 0 Å². The van der Waals surface area contributed by atoms with E-state index in [4.69, 9.17) is 20.8 Å². The lowest BCUT2D eigenvalue weighted by molar-refractivity contribution is 0.186. The lowest BCUT2D eigenvalue weighted by Crippen LogP contribution is -2.47. The molecular weight excluding hydrogens is 261 g/mol. The molecule has 0 aliphatic carbocycles. The van der Waals surface area contributed by atoms with Crippen molar-refractivity contribution < 1.29 is 15.1 Å². The van der Waals surface area contributed by atoms with Crippen LogP contribution in [0.4, 0.5) is 0 Å². The minimum atomic E-state index is -2.17. The third-order valence-electron chi connectivity index (χ3n) is 3.07. The van der Waals surface area contributed by atoms with Gasteiger partial charge in [0.05, 0.1) is 4.45 Å². The number of alkyl halides is 1. The van der Waals surface area contributed by atoms with Crippen molar-refractivity contribution >= 4 is 23.3 Å². The number of hydrogen-bond donors (Lipinski definition) is 4. The first-order chi connectivity index (χ1) is 6.66. The van der Waals surface area contributed by atoms with Gasteiger partial charge in [-0.2, -0.15) is 0 Å². The highest BCUT2D eigenvalue weighted by atomic mass is 79.9. The second-order valence-corrected chi connectivity index (χ2v) is 5.41. The summed E-state index contributed by atoms with van der Waals surface area (Å²) in [5.74, 6) is 0. The Hall–Kier alpha value is 0.385. The highest BCUT2D eigenvalue weighted by molar-refractivity contribution is 9.10. The van der Waals surface area contributed by atoms with E-state index in [1.807, 2.05) is 0 Å². The van der Waals surface area contributed by atoms with E-state index in [0.717, 1.165) is 19.3 Å². The molecule has 4 nitrogen and oxygen atoms in total. The summed E-state index contributed by atoms with van der Waals surface area (Å²) in [7, 11) is -2.17. The van der Waals surface area contributed by atoms with Crippen molar-refractivity contribution in [3.63, 3.8) is 0 Å². The summed E-state index contributed by atoms with van der Waals surface area (Å²) < 4.78 is -0.224. The van der Waals surface area contributed by atoms with Gasteiger partial charge in [0.25, 0.3) is 0 Å². The second kappa shape index (κ2) is 7.62. The zero-order valence-corrected chi connectivity index (χ0v) is 11.6. The van der Waals surface area contributed by atoms with E-state index >= 15 is 0 Å². The first-order valence-corrected chi connectivity index (χ1v) is 5.98. The first-order valence-electron chi connectivity index (χ1n) is 5.18. The molecule has 0 heterocycles. The van der Waals surface area contributed by atoms with Crippen LogP contribution in [0, 0.1) is 5.41 Å². The van der Waals surface area contributed by atoms with Gasteiger partial charge in [0.15, 0.2) is 0 Å². The predicted octanol–water partition coefficient (Wildman–Crippen LogP) is 1.22. The Balaban J connectivity index is 0. The van der Waals surface area contributed by atoms with E-state index in [1.54, 1.807) is 0 Å². The third-order valence-corrected chi connectivity index (χ3v) is 3.91. The van der Waals surface area contributed by atoms with Gasteiger partial charge >= 0.3 is 7.32 Å². The monoisotopic (exact) mass is 283 g/mol. The van der Waals surface area contributed by atoms with Crippen LogP contribution >= 0.6 is 15.9 Å². The maximum atomic E-state index is 7.17. The third kappa shape index (κ3) is 6.53. The van der Waals surface area contributed by atoms with Gasteiger partial charge in [0.1, 0.15) is 0 Å². The molecule has 0 spiro atoms. The summed E-state index contributed by atoms with van der Waals surface area (Å²) >= 11 is 3.56. The summed E-state index contributed by atoms with van der Waals surface area (Å²) in [5, 5.41) is 21.5. The van der Waals surface area contributed by atoms with Crippen molar-refractivity contribution in [3.8, 4) is 0 Å². The van der Waals surface area contributed by atoms with Gasteiger partial charge < -0.3 is 20.8 Å². The van der Waals surface area contributed by atoms with E-state index in [9.17, 15) is 0 Å². The summed E-state index contributed by atoms with van der Waals surface area (Å²) in [6.07, 6.45) is 3.41. The van der Waals surface area contributed by atoms with E-state index in [2.05, 4.69) is 43.6 Å². The van der Waals surface area contributed by atoms with Gasteiger partial charge in [-0.3, -0.25) is 0 Å². The van der Waals surface area contributed by atoms with Gasteiger partial charge in [-0.25, -0.2) is 0 Å². The van der Waals surface area contributed by atoms with Crippen LogP contribution in [0.2, 0.25) is 0 Å². The molecule has 0 saturated carbocycles. The van der Waals surface area contributed by atoms with Gasteiger partial charge in [0.2, 0.25) is 0 Å². The van der Waals surface area contributed by atoms with Crippen molar-refractivity contribution in [2.45, 2.75) is 51.4 Å². The SMILES string of the molecule is CCC(CC)(CC)C(C)(N)Br.OB(O)O. The van der Waals surface area contributed by atoms with E-state index < -0.39 is 7.32 Å². The predicted molar refractivity (Wildman–Crippen MR) is 67.2 cm³/mol. The molecule has 0 bridgehead atoms. The van der Waals surface area contributed by atoms with Crippen LogP contribution in [-0.4, -0.2) is 26.8 Å². The molecule has 0 aromatic heterocycles. The molecule has 0 aromatic rings. The Kier molecular flexibility index (Phi) is 9.03. The number of halogens is 1. The van der Waals surface area contributed by atoms with Gasteiger partial charge in [0, 0.05) is 0 Å². The molecule has 0 aliphatic rings. The summed E-state index contributed by atoms with van der Waals surface area (Å²) in [6.45, 7) is 8.68. The molecular formula is C9H23BBrNO3. The molecule has 1 unspecified atom stereocenters. The van der Waals surface area contributed by atoms with Crippen LogP contribution in [-0.2, 0) is 0 Å². The second-order valence-electron chi connectivity index (χ2n) is 3.76. The number of hydrogen-bond acceptors (Lipinski definition) is 4. The smallest absolute Gasteiger partial charge is 0.402 e. The molecule has 15 heavy (non-hydrogen) atoms. The Labute approximate surface area is 101 Å². The molecule has 6 heteroatoms. The molecule has 0 aromatic carbocycles. The molecule has 0 radical (unpaired) electrons. The zero-order valence-electron chi connectivity index (χ0n) is 10.00. The molecule has 0 amide bonds. The van der Waals surface area contributed by atoms with Crippen LogP contribution in [0.1, 0.15) is 47.0 Å². The number of rotatable bonds is 4. The summed E-state index contributed by atoms with van der Waals surface area (Å²) in [5.41, 5.74) is 6.32. The normalized spacial score (nSPS) is 15.0. The Morgan fingerprint density at radius 2 is 1.27 bits per heavy atom. The zero-order chi connectivity index (χ0) is 12.7. The van der Waals surface area contributed by atoms with Gasteiger partial charge in [-0.15, -0.1) is 0 Å². The largest absolute Gasteiger partial charge is 0.631 e. The Morgan fingerprint density at radius 3 is 1.27 bits per heavy atom. The van der Waals surface area contributed by atoms with Crippen LogP contribution in [0.15, 0.2) is 0 Å². The van der Waals surface area contributed by atoms with Crippen molar-refractivity contribution in [3.05, 3.63) is 0 Å². The fraction of sp³-hybridized carbons (Fsp3) is 1.00. The van der Waals surface area contributed by atoms with Crippen LogP contribution in [0.5, 0.6) is 0 Å². The first kappa shape index (κ1) is 17.8. The standard InChI is InChI=1S/C9H20BrN.BH3O3/c1-5-9(6-2,7-3)8(4,10)11;2-1(3)4/h5-7,11H2,1-4H3;2-4H. The minimum absolute atomic E-state index is 0.224. The average molecular weight is 284 g/mol. The van der Waals surface area contributed by atoms with Crippen LogP contribution in [0.25, 0.3) is 0 Å². The quantitative estimate of drug-likeness (QED) is 0.355. The van der Waals surface area contributed by atoms with Crippen molar-refractivity contribution in [2.24, 2.45) is 11.1 Å². The van der Waals surface area contributed by atoms with Crippen LogP contribution < -0.4 is 5.73 Å². The molecule has 0 saturated heterocycles. The maximum absolute atomic E-state index is 7.17. The fourth-order valence-corrected chi connectivity index (χ4v) is 2.63. The fourth-order valence-electron chi connectivity index (χ4n) is 1.79. The van der Waals surface area contributed by atoms with Crippen molar-refractivity contribution in [1.82, 2.24) is 0 Å². The molecule has 0 rings (SSSR count). The average Bonchev–Trinajstić information content (AvgIpc) is 2.04. The van der Waals surface area contributed by atoms with Crippen LogP contribution in [0.3, 0.4) is 0 Å². The van der Waals surface area contributed by atoms with E-state index in [0.29, 0.717) is 0 Å². The molecule has 0 fully saturated rings. The lowest BCUT2D eigenvalue weighted by atomic mass is 9.74. The molecule has 5 N–H and O–H groups in total. The highest BCUT2D eigenvalue weighted by Crippen LogP contribution is 2.43. The van der Waals surface area contributed by atoms with Gasteiger partial charge in [-0.05, 0) is 31.6 Å².